The first-order chi connectivity index (χ1) is 8.63. The Labute approximate surface area is 111 Å². The SMILES string of the molecule is Cc1cccc(NCC(O)Cc2c[nH]c(=S)[nH]2)c1. The second-order valence-corrected chi connectivity index (χ2v) is 4.78. The Morgan fingerprint density at radius 3 is 2.94 bits per heavy atom. The lowest BCUT2D eigenvalue weighted by Gasteiger charge is -2.12. The zero-order chi connectivity index (χ0) is 13.0. The highest BCUT2D eigenvalue weighted by molar-refractivity contribution is 7.71. The average molecular weight is 263 g/mol. The lowest BCUT2D eigenvalue weighted by Crippen LogP contribution is -2.22. The van der Waals surface area contributed by atoms with Crippen LogP contribution in [0.15, 0.2) is 30.5 Å². The molecular formula is C13H17N3OS. The van der Waals surface area contributed by atoms with Gasteiger partial charge >= 0.3 is 0 Å². The fraction of sp³-hybridized carbons (Fsp3) is 0.308. The summed E-state index contributed by atoms with van der Waals surface area (Å²) >= 11 is 4.93. The van der Waals surface area contributed by atoms with Crippen molar-refractivity contribution in [3.63, 3.8) is 0 Å². The molecule has 0 fully saturated rings. The van der Waals surface area contributed by atoms with E-state index in [0.29, 0.717) is 17.7 Å². The Hall–Kier alpha value is -1.59. The molecule has 0 saturated heterocycles. The lowest BCUT2D eigenvalue weighted by atomic mass is 10.2. The standard InChI is InChI=1S/C13H17N3OS/c1-9-3-2-4-10(5-9)14-8-12(17)6-11-7-15-13(18)16-11/h2-5,7,12,14,17H,6,8H2,1H3,(H2,15,16,18). The number of hydrogen-bond acceptors (Lipinski definition) is 3. The van der Waals surface area contributed by atoms with E-state index in [1.54, 1.807) is 6.20 Å². The lowest BCUT2D eigenvalue weighted by molar-refractivity contribution is 0.187. The van der Waals surface area contributed by atoms with Crippen LogP contribution in [0.4, 0.5) is 5.69 Å². The van der Waals surface area contributed by atoms with E-state index < -0.39 is 6.10 Å². The van der Waals surface area contributed by atoms with E-state index >= 15 is 0 Å². The van der Waals surface area contributed by atoms with Gasteiger partial charge in [-0.05, 0) is 36.8 Å². The van der Waals surface area contributed by atoms with Gasteiger partial charge in [-0.15, -0.1) is 0 Å². The molecule has 96 valence electrons. The molecule has 0 aliphatic rings. The number of aromatic amines is 2. The van der Waals surface area contributed by atoms with Gasteiger partial charge in [0.1, 0.15) is 0 Å². The fourth-order valence-corrected chi connectivity index (χ4v) is 1.99. The Morgan fingerprint density at radius 2 is 2.28 bits per heavy atom. The van der Waals surface area contributed by atoms with Crippen molar-refractivity contribution < 1.29 is 5.11 Å². The van der Waals surface area contributed by atoms with Gasteiger partial charge in [-0.25, -0.2) is 0 Å². The molecule has 18 heavy (non-hydrogen) atoms. The van der Waals surface area contributed by atoms with Crippen LogP contribution in [0.2, 0.25) is 0 Å². The quantitative estimate of drug-likeness (QED) is 0.626. The van der Waals surface area contributed by atoms with Crippen molar-refractivity contribution in [1.29, 1.82) is 0 Å². The highest BCUT2D eigenvalue weighted by Gasteiger charge is 2.06. The van der Waals surface area contributed by atoms with Gasteiger partial charge in [-0.3, -0.25) is 0 Å². The van der Waals surface area contributed by atoms with Crippen LogP contribution < -0.4 is 5.32 Å². The summed E-state index contributed by atoms with van der Waals surface area (Å²) in [5.74, 6) is 0. The summed E-state index contributed by atoms with van der Waals surface area (Å²) in [6.07, 6.45) is 1.89. The third-order valence-electron chi connectivity index (χ3n) is 2.67. The second kappa shape index (κ2) is 5.84. The molecule has 1 aromatic heterocycles. The molecule has 1 aromatic carbocycles. The number of hydrogen-bond donors (Lipinski definition) is 4. The predicted octanol–water partition coefficient (Wildman–Crippen LogP) is 2.40. The number of anilines is 1. The molecule has 0 spiro atoms. The molecule has 0 aliphatic carbocycles. The third kappa shape index (κ3) is 3.72. The minimum atomic E-state index is -0.452. The summed E-state index contributed by atoms with van der Waals surface area (Å²) in [6.45, 7) is 2.55. The van der Waals surface area contributed by atoms with E-state index in [0.717, 1.165) is 11.4 Å². The van der Waals surface area contributed by atoms with E-state index in [1.807, 2.05) is 25.1 Å². The molecule has 4 nitrogen and oxygen atoms in total. The van der Waals surface area contributed by atoms with Gasteiger partial charge in [0.15, 0.2) is 4.77 Å². The van der Waals surface area contributed by atoms with Crippen LogP contribution >= 0.6 is 12.2 Å². The first-order valence-corrected chi connectivity index (χ1v) is 6.29. The molecule has 0 radical (unpaired) electrons. The van der Waals surface area contributed by atoms with E-state index in [4.69, 9.17) is 12.2 Å². The molecule has 4 N–H and O–H groups in total. The summed E-state index contributed by atoms with van der Waals surface area (Å²) in [6, 6.07) is 8.08. The smallest absolute Gasteiger partial charge is 0.174 e. The maximum absolute atomic E-state index is 9.91. The van der Waals surface area contributed by atoms with E-state index in [1.165, 1.54) is 5.56 Å². The number of aryl methyl sites for hydroxylation is 1. The molecular weight excluding hydrogens is 246 g/mol. The number of rotatable bonds is 5. The topological polar surface area (TPSA) is 63.8 Å². The Morgan fingerprint density at radius 1 is 1.44 bits per heavy atom. The van der Waals surface area contributed by atoms with Crippen molar-refractivity contribution in [2.75, 3.05) is 11.9 Å². The number of aromatic nitrogens is 2. The minimum Gasteiger partial charge on any atom is -0.391 e. The molecule has 2 rings (SSSR count). The van der Waals surface area contributed by atoms with E-state index in [-0.39, 0.29) is 0 Å². The van der Waals surface area contributed by atoms with E-state index in [9.17, 15) is 5.11 Å². The van der Waals surface area contributed by atoms with Crippen LogP contribution in [0, 0.1) is 11.7 Å². The molecule has 0 aliphatic heterocycles. The molecule has 1 unspecified atom stereocenters. The number of benzene rings is 1. The normalized spacial score (nSPS) is 12.3. The zero-order valence-electron chi connectivity index (χ0n) is 10.2. The Balaban J connectivity index is 1.85. The van der Waals surface area contributed by atoms with Crippen molar-refractivity contribution in [2.45, 2.75) is 19.4 Å². The molecule has 0 saturated carbocycles. The number of aliphatic hydroxyl groups excluding tert-OH is 1. The summed E-state index contributed by atoms with van der Waals surface area (Å²) in [7, 11) is 0. The monoisotopic (exact) mass is 263 g/mol. The summed E-state index contributed by atoms with van der Waals surface area (Å²) < 4.78 is 0.587. The highest BCUT2D eigenvalue weighted by atomic mass is 32.1. The maximum Gasteiger partial charge on any atom is 0.174 e. The van der Waals surface area contributed by atoms with Crippen molar-refractivity contribution in [3.05, 3.63) is 46.5 Å². The van der Waals surface area contributed by atoms with Crippen molar-refractivity contribution in [3.8, 4) is 0 Å². The molecule has 2 aromatic rings. The fourth-order valence-electron chi connectivity index (χ4n) is 1.80. The van der Waals surface area contributed by atoms with Crippen molar-refractivity contribution >= 4 is 17.9 Å². The minimum absolute atomic E-state index is 0.452. The van der Waals surface area contributed by atoms with Crippen LogP contribution in [0.1, 0.15) is 11.3 Å². The Bertz CT molecular complexity index is 561. The van der Waals surface area contributed by atoms with Gasteiger partial charge in [0, 0.05) is 30.5 Å². The van der Waals surface area contributed by atoms with Gasteiger partial charge < -0.3 is 20.4 Å². The number of aliphatic hydroxyl groups is 1. The largest absolute Gasteiger partial charge is 0.391 e. The van der Waals surface area contributed by atoms with Crippen LogP contribution in [-0.4, -0.2) is 27.7 Å². The van der Waals surface area contributed by atoms with Gasteiger partial charge in [-0.1, -0.05) is 12.1 Å². The first kappa shape index (κ1) is 12.9. The molecule has 0 amide bonds. The van der Waals surface area contributed by atoms with Crippen LogP contribution in [-0.2, 0) is 6.42 Å². The molecule has 1 atom stereocenters. The number of nitrogens with one attached hydrogen (secondary N) is 3. The zero-order valence-corrected chi connectivity index (χ0v) is 11.1. The van der Waals surface area contributed by atoms with Crippen molar-refractivity contribution in [2.24, 2.45) is 0 Å². The van der Waals surface area contributed by atoms with Gasteiger partial charge in [0.25, 0.3) is 0 Å². The predicted molar refractivity (Wildman–Crippen MR) is 75.4 cm³/mol. The maximum atomic E-state index is 9.91. The number of imidazole rings is 1. The average Bonchev–Trinajstić information content (AvgIpc) is 2.72. The molecule has 0 bridgehead atoms. The van der Waals surface area contributed by atoms with Gasteiger partial charge in [0.05, 0.1) is 6.10 Å². The summed E-state index contributed by atoms with van der Waals surface area (Å²) in [5.41, 5.74) is 3.14. The first-order valence-electron chi connectivity index (χ1n) is 5.88. The van der Waals surface area contributed by atoms with Gasteiger partial charge in [0.2, 0.25) is 0 Å². The van der Waals surface area contributed by atoms with Crippen molar-refractivity contribution in [1.82, 2.24) is 9.97 Å². The highest BCUT2D eigenvalue weighted by Crippen LogP contribution is 2.09. The molecule has 1 heterocycles. The van der Waals surface area contributed by atoms with Crippen LogP contribution in [0.5, 0.6) is 0 Å². The Kier molecular flexibility index (Phi) is 4.17. The summed E-state index contributed by atoms with van der Waals surface area (Å²) in [5, 5.41) is 13.1. The molecule has 5 heteroatoms. The van der Waals surface area contributed by atoms with Crippen LogP contribution in [0.25, 0.3) is 0 Å². The summed E-state index contributed by atoms with van der Waals surface area (Å²) in [4.78, 5) is 5.87. The van der Waals surface area contributed by atoms with E-state index in [2.05, 4.69) is 21.4 Å². The van der Waals surface area contributed by atoms with Gasteiger partial charge in [-0.2, -0.15) is 0 Å². The number of H-pyrrole nitrogens is 2. The third-order valence-corrected chi connectivity index (χ3v) is 2.89. The van der Waals surface area contributed by atoms with Crippen LogP contribution in [0.3, 0.4) is 0 Å². The second-order valence-electron chi connectivity index (χ2n) is 4.38.